The molecule has 9 aromatic carbocycles. The maximum absolute atomic E-state index is 5.39. The third kappa shape index (κ3) is 5.59. The molecule has 298 valence electrons. The summed E-state index contributed by atoms with van der Waals surface area (Å²) in [5.74, 6) is 1.81. The molecule has 64 heavy (non-hydrogen) atoms. The van der Waals surface area contributed by atoms with Gasteiger partial charge in [-0.25, -0.2) is 19.9 Å². The van der Waals surface area contributed by atoms with Gasteiger partial charge in [0.25, 0.3) is 0 Å². The molecular weight excluding hydrogens is 781 g/mol. The summed E-state index contributed by atoms with van der Waals surface area (Å²) < 4.78 is 4.70. The van der Waals surface area contributed by atoms with E-state index in [4.69, 9.17) is 19.9 Å². The Morgan fingerprint density at radius 2 is 0.812 bits per heavy atom. The van der Waals surface area contributed by atoms with E-state index < -0.39 is 0 Å². The zero-order valence-corrected chi connectivity index (χ0v) is 34.5. The maximum atomic E-state index is 5.39. The van der Waals surface area contributed by atoms with Gasteiger partial charge in [-0.3, -0.25) is 0 Å². The van der Waals surface area contributed by atoms with Gasteiger partial charge in [0, 0.05) is 65.9 Å². The van der Waals surface area contributed by atoms with Crippen molar-refractivity contribution in [1.29, 1.82) is 0 Å². The van der Waals surface area contributed by atoms with Crippen LogP contribution in [0, 0.1) is 0 Å². The van der Waals surface area contributed by atoms with Crippen LogP contribution in [0.5, 0.6) is 0 Å². The Morgan fingerprint density at radius 1 is 0.281 bits per heavy atom. The molecule has 0 fully saturated rings. The molecule has 13 aromatic rings. The van der Waals surface area contributed by atoms with Gasteiger partial charge in [0.05, 0.1) is 33.3 Å². The highest BCUT2D eigenvalue weighted by atomic mass is 15.1. The van der Waals surface area contributed by atoms with Crippen molar-refractivity contribution in [3.05, 3.63) is 218 Å². The minimum Gasteiger partial charge on any atom is -0.309 e. The summed E-state index contributed by atoms with van der Waals surface area (Å²) in [6, 6.07) is 76.6. The van der Waals surface area contributed by atoms with Gasteiger partial charge in [-0.2, -0.15) is 0 Å². The number of para-hydroxylation sites is 5. The predicted octanol–water partition coefficient (Wildman–Crippen LogP) is 14.4. The maximum Gasteiger partial charge on any atom is 0.166 e. The molecule has 13 rings (SSSR count). The van der Waals surface area contributed by atoms with E-state index in [0.717, 1.165) is 82.8 Å². The molecule has 0 aliphatic carbocycles. The van der Waals surface area contributed by atoms with Gasteiger partial charge in [-0.15, -0.1) is 0 Å². The number of hydrogen-bond acceptors (Lipinski definition) is 4. The SMILES string of the molecule is c1ccc(-c2nc(-c3ccc(-n4c5ccccc5c5ccccc54)cc3)nc(-c3cccc4c5c6c(-c7ccccc7)nc7ccccc7c6ccc5n(-c5ccccc5)c34)n2)cc1. The molecule has 4 aromatic heterocycles. The summed E-state index contributed by atoms with van der Waals surface area (Å²) >= 11 is 0. The summed E-state index contributed by atoms with van der Waals surface area (Å²) in [5, 5.41) is 8.08. The van der Waals surface area contributed by atoms with Gasteiger partial charge in [-0.1, -0.05) is 152 Å². The van der Waals surface area contributed by atoms with E-state index in [1.54, 1.807) is 0 Å². The first-order chi connectivity index (χ1) is 31.8. The van der Waals surface area contributed by atoms with Crippen LogP contribution in [-0.4, -0.2) is 29.1 Å². The molecule has 0 aliphatic heterocycles. The van der Waals surface area contributed by atoms with Crippen molar-refractivity contribution in [3.63, 3.8) is 0 Å². The minimum atomic E-state index is 0.595. The molecule has 0 amide bonds. The topological polar surface area (TPSA) is 61.4 Å². The first-order valence-electron chi connectivity index (χ1n) is 21.6. The first kappa shape index (κ1) is 36.0. The third-order valence-electron chi connectivity index (χ3n) is 12.6. The second-order valence-corrected chi connectivity index (χ2v) is 16.2. The van der Waals surface area contributed by atoms with Crippen molar-refractivity contribution < 1.29 is 0 Å². The number of nitrogens with zero attached hydrogens (tertiary/aromatic N) is 6. The molecule has 0 spiro atoms. The molecule has 6 heteroatoms. The van der Waals surface area contributed by atoms with Crippen molar-refractivity contribution in [3.8, 4) is 56.8 Å². The van der Waals surface area contributed by atoms with Crippen molar-refractivity contribution >= 4 is 65.3 Å². The van der Waals surface area contributed by atoms with Crippen LogP contribution in [0.15, 0.2) is 218 Å². The average Bonchev–Trinajstić information content (AvgIpc) is 3.90. The van der Waals surface area contributed by atoms with Gasteiger partial charge >= 0.3 is 0 Å². The van der Waals surface area contributed by atoms with E-state index in [-0.39, 0.29) is 0 Å². The Kier molecular flexibility index (Phi) is 8.11. The highest BCUT2D eigenvalue weighted by molar-refractivity contribution is 6.29. The molecule has 0 N–H and O–H groups in total. The lowest BCUT2D eigenvalue weighted by atomic mass is 9.95. The zero-order valence-electron chi connectivity index (χ0n) is 34.5. The van der Waals surface area contributed by atoms with Gasteiger partial charge < -0.3 is 9.13 Å². The van der Waals surface area contributed by atoms with Crippen LogP contribution in [0.3, 0.4) is 0 Å². The normalized spacial score (nSPS) is 11.8. The van der Waals surface area contributed by atoms with Gasteiger partial charge in [0.1, 0.15) is 0 Å². The Balaban J connectivity index is 1.08. The number of fused-ring (bicyclic) bond motifs is 10. The molecule has 0 bridgehead atoms. The second-order valence-electron chi connectivity index (χ2n) is 16.2. The number of hydrogen-bond donors (Lipinski definition) is 0. The highest BCUT2D eigenvalue weighted by Gasteiger charge is 2.24. The van der Waals surface area contributed by atoms with E-state index in [1.165, 1.54) is 21.8 Å². The second kappa shape index (κ2) is 14.4. The van der Waals surface area contributed by atoms with Crippen LogP contribution >= 0.6 is 0 Å². The van der Waals surface area contributed by atoms with E-state index >= 15 is 0 Å². The van der Waals surface area contributed by atoms with Crippen LogP contribution in [0.4, 0.5) is 0 Å². The number of benzene rings is 9. The lowest BCUT2D eigenvalue weighted by Crippen LogP contribution is -2.02. The lowest BCUT2D eigenvalue weighted by Gasteiger charge is -2.13. The molecular formula is C58H36N6. The standard InChI is InChI=1S/C58H36N6/c1-4-17-37(18-5-1)54-53-45(42-23-10-13-28-48(42)59-54)35-36-51-52(53)46-26-16-27-47(55(46)64(51)40-21-8-3-9-22-40)58-61-56(38-19-6-2-7-20-38)60-57(62-58)39-31-33-41(34-32-39)63-49-29-14-11-24-43(49)44-25-12-15-30-50(44)63/h1-36H. The van der Waals surface area contributed by atoms with Crippen molar-refractivity contribution in [2.75, 3.05) is 0 Å². The molecule has 6 nitrogen and oxygen atoms in total. The van der Waals surface area contributed by atoms with Crippen LogP contribution in [0.1, 0.15) is 0 Å². The molecule has 0 atom stereocenters. The summed E-state index contributed by atoms with van der Waals surface area (Å²) in [5.41, 5.74) is 12.3. The summed E-state index contributed by atoms with van der Waals surface area (Å²) in [4.78, 5) is 21.2. The van der Waals surface area contributed by atoms with Crippen molar-refractivity contribution in [2.45, 2.75) is 0 Å². The largest absolute Gasteiger partial charge is 0.309 e. The van der Waals surface area contributed by atoms with Crippen molar-refractivity contribution in [1.82, 2.24) is 29.1 Å². The minimum absolute atomic E-state index is 0.595. The number of pyridine rings is 1. The highest BCUT2D eigenvalue weighted by Crippen LogP contribution is 2.45. The van der Waals surface area contributed by atoms with E-state index in [1.807, 2.05) is 18.2 Å². The Labute approximate surface area is 368 Å². The fourth-order valence-electron chi connectivity index (χ4n) is 9.74. The molecule has 0 unspecified atom stereocenters. The molecule has 0 saturated heterocycles. The van der Waals surface area contributed by atoms with E-state index in [0.29, 0.717) is 17.5 Å². The first-order valence-corrected chi connectivity index (χ1v) is 21.6. The Bertz CT molecular complexity index is 3880. The quantitative estimate of drug-likeness (QED) is 0.157. The number of rotatable bonds is 6. The number of aromatic nitrogens is 6. The lowest BCUT2D eigenvalue weighted by molar-refractivity contribution is 1.07. The Morgan fingerprint density at radius 3 is 1.50 bits per heavy atom. The van der Waals surface area contributed by atoms with Crippen molar-refractivity contribution in [2.24, 2.45) is 0 Å². The van der Waals surface area contributed by atoms with Crippen LogP contribution in [0.2, 0.25) is 0 Å². The molecule has 0 saturated carbocycles. The van der Waals surface area contributed by atoms with Gasteiger partial charge in [0.15, 0.2) is 17.5 Å². The van der Waals surface area contributed by atoms with Crippen LogP contribution in [-0.2, 0) is 0 Å². The van der Waals surface area contributed by atoms with E-state index in [9.17, 15) is 0 Å². The van der Waals surface area contributed by atoms with Gasteiger partial charge in [0.2, 0.25) is 0 Å². The fourth-order valence-corrected chi connectivity index (χ4v) is 9.74. The smallest absolute Gasteiger partial charge is 0.166 e. The van der Waals surface area contributed by atoms with Crippen LogP contribution < -0.4 is 0 Å². The zero-order chi connectivity index (χ0) is 42.1. The summed E-state index contributed by atoms with van der Waals surface area (Å²) in [6.45, 7) is 0. The van der Waals surface area contributed by atoms with Gasteiger partial charge in [-0.05, 0) is 72.1 Å². The monoisotopic (exact) mass is 816 g/mol. The van der Waals surface area contributed by atoms with E-state index in [2.05, 4.69) is 209 Å². The third-order valence-corrected chi connectivity index (χ3v) is 12.6. The molecule has 4 heterocycles. The molecule has 0 radical (unpaired) electrons. The summed E-state index contributed by atoms with van der Waals surface area (Å²) in [7, 11) is 0. The predicted molar refractivity (Wildman–Crippen MR) is 263 cm³/mol. The summed E-state index contributed by atoms with van der Waals surface area (Å²) in [6.07, 6.45) is 0. The molecule has 0 aliphatic rings. The average molecular weight is 817 g/mol. The fraction of sp³-hybridized carbons (Fsp3) is 0. The Hall–Kier alpha value is -8.74. The van der Waals surface area contributed by atoms with Crippen LogP contribution in [0.25, 0.3) is 122 Å².